The van der Waals surface area contributed by atoms with Crippen molar-refractivity contribution >= 4 is 12.3 Å². The Morgan fingerprint density at radius 3 is 2.77 bits per heavy atom. The summed E-state index contributed by atoms with van der Waals surface area (Å²) in [7, 11) is 0. The van der Waals surface area contributed by atoms with Crippen molar-refractivity contribution in [3.63, 3.8) is 0 Å². The number of benzene rings is 1. The fourth-order valence-corrected chi connectivity index (χ4v) is 2.58. The molecule has 1 aromatic heterocycles. The van der Waals surface area contributed by atoms with E-state index in [1.165, 1.54) is 0 Å². The van der Waals surface area contributed by atoms with Crippen LogP contribution in [0.1, 0.15) is 51.0 Å². The highest BCUT2D eigenvalue weighted by molar-refractivity contribution is 5.87. The van der Waals surface area contributed by atoms with Crippen LogP contribution in [-0.2, 0) is 11.3 Å². The van der Waals surface area contributed by atoms with E-state index < -0.39 is 5.97 Å². The average molecular weight is 301 g/mol. The lowest BCUT2D eigenvalue weighted by Gasteiger charge is -2.12. The van der Waals surface area contributed by atoms with Crippen molar-refractivity contribution in [1.82, 2.24) is 15.0 Å². The number of rotatable bonds is 5. The number of carbonyl (C=O) groups excluding carboxylic acids is 1. The average Bonchev–Trinajstić information content (AvgIpc) is 3.16. The molecule has 7 nitrogen and oxygen atoms in total. The van der Waals surface area contributed by atoms with Crippen molar-refractivity contribution < 1.29 is 19.4 Å². The largest absolute Gasteiger partial charge is 0.478 e. The molecule has 1 N–H and O–H groups in total. The Bertz CT molecular complexity index is 687. The van der Waals surface area contributed by atoms with Crippen LogP contribution in [0, 0.1) is 0 Å². The highest BCUT2D eigenvalue weighted by atomic mass is 16.5. The summed E-state index contributed by atoms with van der Waals surface area (Å²) in [5.41, 5.74) is 2.10. The van der Waals surface area contributed by atoms with Crippen molar-refractivity contribution in [3.8, 4) is 0 Å². The Hall–Kier alpha value is -2.54. The van der Waals surface area contributed by atoms with Gasteiger partial charge in [0.2, 0.25) is 0 Å². The first-order chi connectivity index (χ1) is 10.7. The molecule has 0 bridgehead atoms. The van der Waals surface area contributed by atoms with Gasteiger partial charge in [-0.25, -0.2) is 9.48 Å². The molecule has 1 saturated heterocycles. The minimum absolute atomic E-state index is 0.159. The van der Waals surface area contributed by atoms with E-state index >= 15 is 0 Å². The molecule has 1 aliphatic heterocycles. The lowest BCUT2D eigenvalue weighted by molar-refractivity contribution is 0.0696. The van der Waals surface area contributed by atoms with Gasteiger partial charge in [0.1, 0.15) is 6.10 Å². The number of ether oxygens (including phenoxy) is 1. The van der Waals surface area contributed by atoms with E-state index in [0.29, 0.717) is 30.8 Å². The molecule has 2 heterocycles. The Labute approximate surface area is 126 Å². The number of carboxylic acids is 1. The Morgan fingerprint density at radius 1 is 1.41 bits per heavy atom. The quantitative estimate of drug-likeness (QED) is 0.844. The molecule has 114 valence electrons. The minimum atomic E-state index is -0.962. The summed E-state index contributed by atoms with van der Waals surface area (Å²) in [6.45, 7) is 1.08. The molecule has 0 amide bonds. The molecular weight excluding hydrogens is 286 g/mol. The number of carbonyl (C=O) groups is 2. The van der Waals surface area contributed by atoms with Crippen molar-refractivity contribution in [2.75, 3.05) is 6.61 Å². The predicted molar refractivity (Wildman–Crippen MR) is 75.8 cm³/mol. The van der Waals surface area contributed by atoms with Gasteiger partial charge in [0.05, 0.1) is 17.8 Å². The Balaban J connectivity index is 1.87. The molecule has 7 heteroatoms. The monoisotopic (exact) mass is 301 g/mol. The van der Waals surface area contributed by atoms with Crippen molar-refractivity contribution in [3.05, 3.63) is 46.8 Å². The molecule has 1 fully saturated rings. The van der Waals surface area contributed by atoms with E-state index in [-0.39, 0.29) is 11.7 Å². The SMILES string of the molecule is O=Cc1nnn(Cc2ccc(C(=O)O)cc2)c1C1CCCO1. The summed E-state index contributed by atoms with van der Waals surface area (Å²) in [6, 6.07) is 6.54. The van der Waals surface area contributed by atoms with Crippen LogP contribution in [-0.4, -0.2) is 39.0 Å². The van der Waals surface area contributed by atoms with Gasteiger partial charge in [0.25, 0.3) is 0 Å². The first-order valence-electron chi connectivity index (χ1n) is 7.01. The van der Waals surface area contributed by atoms with E-state index in [4.69, 9.17) is 9.84 Å². The minimum Gasteiger partial charge on any atom is -0.478 e. The van der Waals surface area contributed by atoms with Crippen LogP contribution < -0.4 is 0 Å². The van der Waals surface area contributed by atoms with E-state index in [0.717, 1.165) is 18.4 Å². The summed E-state index contributed by atoms with van der Waals surface area (Å²) in [5.74, 6) is -0.962. The number of hydrogen-bond donors (Lipinski definition) is 1. The highest BCUT2D eigenvalue weighted by Crippen LogP contribution is 2.29. The normalized spacial score (nSPS) is 17.5. The van der Waals surface area contributed by atoms with E-state index in [1.807, 2.05) is 0 Å². The van der Waals surface area contributed by atoms with E-state index in [1.54, 1.807) is 28.9 Å². The van der Waals surface area contributed by atoms with Gasteiger partial charge >= 0.3 is 5.97 Å². The molecule has 2 aromatic rings. The fourth-order valence-electron chi connectivity index (χ4n) is 2.58. The third-order valence-electron chi connectivity index (χ3n) is 3.68. The second-order valence-electron chi connectivity index (χ2n) is 5.14. The van der Waals surface area contributed by atoms with Crippen LogP contribution in [0.2, 0.25) is 0 Å². The summed E-state index contributed by atoms with van der Waals surface area (Å²) in [4.78, 5) is 22.0. The third-order valence-corrected chi connectivity index (χ3v) is 3.68. The van der Waals surface area contributed by atoms with Gasteiger partial charge in [-0.3, -0.25) is 4.79 Å². The maximum absolute atomic E-state index is 11.1. The fraction of sp³-hybridized carbons (Fsp3) is 0.333. The zero-order valence-electron chi connectivity index (χ0n) is 11.8. The first kappa shape index (κ1) is 14.4. The molecule has 1 aliphatic rings. The number of aromatic nitrogens is 3. The van der Waals surface area contributed by atoms with Gasteiger partial charge in [-0.1, -0.05) is 17.3 Å². The van der Waals surface area contributed by atoms with Crippen LogP contribution in [0.5, 0.6) is 0 Å². The van der Waals surface area contributed by atoms with Gasteiger partial charge in [0, 0.05) is 6.61 Å². The van der Waals surface area contributed by atoms with Crippen molar-refractivity contribution in [2.24, 2.45) is 0 Å². The van der Waals surface area contributed by atoms with E-state index in [2.05, 4.69) is 10.3 Å². The molecule has 0 radical (unpaired) electrons. The molecule has 22 heavy (non-hydrogen) atoms. The molecule has 1 aromatic carbocycles. The number of aldehydes is 1. The zero-order chi connectivity index (χ0) is 15.5. The summed E-state index contributed by atoms with van der Waals surface area (Å²) < 4.78 is 7.28. The molecule has 0 saturated carbocycles. The zero-order valence-corrected chi connectivity index (χ0v) is 11.8. The van der Waals surface area contributed by atoms with Gasteiger partial charge in [-0.05, 0) is 30.5 Å². The molecule has 0 aliphatic carbocycles. The number of aromatic carboxylic acids is 1. The second-order valence-corrected chi connectivity index (χ2v) is 5.14. The number of carboxylic acid groups (broad SMARTS) is 1. The summed E-state index contributed by atoms with van der Waals surface area (Å²) in [5, 5.41) is 16.8. The predicted octanol–water partition coefficient (Wildman–Crippen LogP) is 1.69. The summed E-state index contributed by atoms with van der Waals surface area (Å²) in [6.07, 6.45) is 2.32. The first-order valence-corrected chi connectivity index (χ1v) is 7.01. The lowest BCUT2D eigenvalue weighted by Crippen LogP contribution is -2.11. The van der Waals surface area contributed by atoms with Crippen molar-refractivity contribution in [2.45, 2.75) is 25.5 Å². The van der Waals surface area contributed by atoms with Crippen LogP contribution in [0.4, 0.5) is 0 Å². The molecule has 3 rings (SSSR count). The van der Waals surface area contributed by atoms with Gasteiger partial charge in [0.15, 0.2) is 12.0 Å². The molecular formula is C15H15N3O4. The van der Waals surface area contributed by atoms with Gasteiger partial charge in [-0.2, -0.15) is 0 Å². The lowest BCUT2D eigenvalue weighted by atomic mass is 10.1. The smallest absolute Gasteiger partial charge is 0.335 e. The van der Waals surface area contributed by atoms with Gasteiger partial charge < -0.3 is 9.84 Å². The second kappa shape index (κ2) is 6.07. The van der Waals surface area contributed by atoms with Crippen molar-refractivity contribution in [1.29, 1.82) is 0 Å². The van der Waals surface area contributed by atoms with Crippen LogP contribution in [0.15, 0.2) is 24.3 Å². The molecule has 1 unspecified atom stereocenters. The van der Waals surface area contributed by atoms with Gasteiger partial charge in [-0.15, -0.1) is 5.10 Å². The van der Waals surface area contributed by atoms with Crippen LogP contribution in [0.3, 0.4) is 0 Å². The molecule has 0 spiro atoms. The third kappa shape index (κ3) is 2.75. The van der Waals surface area contributed by atoms with Crippen LogP contribution in [0.25, 0.3) is 0 Å². The standard InChI is InChI=1S/C15H15N3O4/c19-9-12-14(13-2-1-7-22-13)18(17-16-12)8-10-3-5-11(6-4-10)15(20)21/h3-6,9,13H,1-2,7-8H2,(H,20,21). The number of hydrogen-bond acceptors (Lipinski definition) is 5. The maximum atomic E-state index is 11.1. The maximum Gasteiger partial charge on any atom is 0.335 e. The highest BCUT2D eigenvalue weighted by Gasteiger charge is 2.26. The summed E-state index contributed by atoms with van der Waals surface area (Å²) >= 11 is 0. The van der Waals surface area contributed by atoms with Crippen LogP contribution >= 0.6 is 0 Å². The number of nitrogens with zero attached hydrogens (tertiary/aromatic N) is 3. The van der Waals surface area contributed by atoms with E-state index in [9.17, 15) is 9.59 Å². The Morgan fingerprint density at radius 2 is 2.18 bits per heavy atom. The molecule has 1 atom stereocenters. The Kier molecular flexibility index (Phi) is 3.97. The topological polar surface area (TPSA) is 94.3 Å².